The van der Waals surface area contributed by atoms with Gasteiger partial charge in [0.15, 0.2) is 18.1 Å². The Morgan fingerprint density at radius 2 is 0.851 bits per heavy atom. The van der Waals surface area contributed by atoms with Crippen LogP contribution in [0.15, 0.2) is 54.6 Å². The van der Waals surface area contributed by atoms with Crippen molar-refractivity contribution in [3.8, 4) is 17.2 Å². The third kappa shape index (κ3) is 11.4. The minimum Gasteiger partial charge on any atom is -0.507 e. The molecule has 3 aliphatic heterocycles. The number of phenolic OH excluding ortho intramolecular Hbond substituents is 3. The monoisotopic (exact) mass is 951 g/mol. The van der Waals surface area contributed by atoms with Crippen molar-refractivity contribution in [3.05, 3.63) is 71.3 Å². The molecule has 0 radical (unpaired) electrons. The van der Waals surface area contributed by atoms with Crippen molar-refractivity contribution in [3.63, 3.8) is 0 Å². The van der Waals surface area contributed by atoms with Crippen LogP contribution >= 0.6 is 0 Å². The van der Waals surface area contributed by atoms with Crippen molar-refractivity contribution >= 4 is 35.0 Å². The number of aromatic hydroxyl groups is 3. The van der Waals surface area contributed by atoms with Crippen molar-refractivity contribution in [1.29, 1.82) is 0 Å². The molecule has 67 heavy (non-hydrogen) atoms. The quantitative estimate of drug-likeness (QED) is 0.0275. The molecule has 0 aliphatic carbocycles. The Bertz CT molecular complexity index is 2210. The summed E-state index contributed by atoms with van der Waals surface area (Å²) in [5, 5.41) is 92.3. The van der Waals surface area contributed by atoms with Gasteiger partial charge in [-0.2, -0.15) is 0 Å². The highest BCUT2D eigenvalue weighted by molar-refractivity contribution is 5.94. The van der Waals surface area contributed by atoms with Crippen LogP contribution in [-0.4, -0.2) is 192 Å². The zero-order valence-electron chi connectivity index (χ0n) is 36.5. The first-order chi connectivity index (χ1) is 31.9. The fourth-order valence-electron chi connectivity index (χ4n) is 8.07. The van der Waals surface area contributed by atoms with E-state index in [2.05, 4.69) is 0 Å². The second kappa shape index (κ2) is 22.0. The minimum atomic E-state index is -1.65. The fraction of sp³-hybridized carbons (Fsp3) is 0.500. The Kier molecular flexibility index (Phi) is 16.6. The van der Waals surface area contributed by atoms with Gasteiger partial charge in [0.25, 0.3) is 0 Å². The average Bonchev–Trinajstić information content (AvgIpc) is 3.29. The number of anilines is 3. The van der Waals surface area contributed by atoms with Gasteiger partial charge in [-0.25, -0.2) is 14.4 Å². The van der Waals surface area contributed by atoms with Crippen molar-refractivity contribution in [1.82, 2.24) is 0 Å². The van der Waals surface area contributed by atoms with E-state index in [1.165, 1.54) is 70.5 Å². The van der Waals surface area contributed by atoms with Gasteiger partial charge in [0.05, 0.1) is 21.1 Å². The van der Waals surface area contributed by atoms with E-state index >= 15 is 0 Å². The van der Waals surface area contributed by atoms with E-state index in [9.17, 15) is 55.2 Å². The number of likely N-dealkylation sites (N-methyl/N-ethyl adjacent to an activating group) is 3. The van der Waals surface area contributed by atoms with Crippen LogP contribution < -0.4 is 33.2 Å². The summed E-state index contributed by atoms with van der Waals surface area (Å²) in [5.41, 5.74) is 17.0. The Labute approximate surface area is 382 Å². The number of hydrogen-bond acceptors (Lipinski definition) is 22. The highest BCUT2D eigenvalue weighted by atomic mass is 16.7. The van der Waals surface area contributed by atoms with Crippen molar-refractivity contribution in [2.24, 2.45) is 0 Å². The van der Waals surface area contributed by atoms with Crippen LogP contribution in [0.5, 0.6) is 17.2 Å². The molecule has 368 valence electrons. The van der Waals surface area contributed by atoms with E-state index in [0.717, 1.165) is 0 Å². The van der Waals surface area contributed by atoms with E-state index in [-0.39, 0.29) is 33.8 Å². The normalized spacial score (nSPS) is 32.0. The standard InChI is InChI=1S/C42H56N6O19/c1-46-28-33(54)35(26(63-40(28)59)14-61-38(57)20-11-17(44)5-8-23(20)50)66-42-30(48-3)34(55)36(27(65-42)15-62-39(58)21-12-18(45)6-9-24(21)51)67-41-29(47-2)32(53)31(52)25(64-41)13-60-37(56)19-10-16(43)4-7-22(19)49/h4-12,25-36,40-42,46-55,59H,13-15,43-45H2,1-3H3/p+3/t25?,26?,27?,28?,29?,30?,31-,32+,33+,34+,35-,36+,40-,41+,42+/m1/s1. The smallest absolute Gasteiger partial charge is 0.342 e. The maximum Gasteiger partial charge on any atom is 0.342 e. The predicted molar refractivity (Wildman–Crippen MR) is 225 cm³/mol. The summed E-state index contributed by atoms with van der Waals surface area (Å²) in [7, 11) is 4.65. The highest BCUT2D eigenvalue weighted by Crippen LogP contribution is 2.33. The molecule has 0 amide bonds. The topological polar surface area (TPSA) is 415 Å². The third-order valence-electron chi connectivity index (χ3n) is 11.8. The van der Waals surface area contributed by atoms with E-state index in [4.69, 9.17) is 55.1 Å². The van der Waals surface area contributed by atoms with E-state index in [1.807, 2.05) is 0 Å². The van der Waals surface area contributed by atoms with Gasteiger partial charge in [-0.3, -0.25) is 0 Å². The van der Waals surface area contributed by atoms with Crippen molar-refractivity contribution < 1.29 is 109 Å². The first-order valence-corrected chi connectivity index (χ1v) is 21.2. The van der Waals surface area contributed by atoms with Gasteiger partial charge in [0.2, 0.25) is 18.9 Å². The summed E-state index contributed by atoms with van der Waals surface area (Å²) in [5.74, 6) is -4.44. The first-order valence-electron chi connectivity index (χ1n) is 21.2. The molecule has 3 heterocycles. The van der Waals surface area contributed by atoms with E-state index in [1.54, 1.807) is 21.1 Å². The van der Waals surface area contributed by atoms with Gasteiger partial charge in [-0.15, -0.1) is 0 Å². The van der Waals surface area contributed by atoms with Crippen LogP contribution in [0.2, 0.25) is 0 Å². The SMILES string of the molecule is C[NH2+]C1[C@H](O[C@H]2C(COC(=O)c3cc(N)ccc3O)O[C@@H](O[C@@H]3C(COC(=O)c4cc(N)ccc4O)O[C@@H](O)C([NH2+]C)[C@@H]3O)C([NH2+]C)[C@@H]2O)OC(COC(=O)c2cc(N)ccc2O)[C@@H](O)[C@H]1O. The summed E-state index contributed by atoms with van der Waals surface area (Å²) in [6, 6.07) is 7.87. The molecule has 3 saturated heterocycles. The molecule has 0 saturated carbocycles. The van der Waals surface area contributed by atoms with Gasteiger partial charge >= 0.3 is 17.9 Å². The highest BCUT2D eigenvalue weighted by Gasteiger charge is 2.56. The maximum atomic E-state index is 13.4. The number of ether oxygens (including phenoxy) is 8. The maximum absolute atomic E-state index is 13.4. The van der Waals surface area contributed by atoms with E-state index in [0.29, 0.717) is 0 Å². The Morgan fingerprint density at radius 3 is 1.25 bits per heavy atom. The van der Waals surface area contributed by atoms with Crippen molar-refractivity contribution in [2.75, 3.05) is 58.2 Å². The molecule has 15 atom stereocenters. The largest absolute Gasteiger partial charge is 0.507 e. The zero-order chi connectivity index (χ0) is 48.9. The molecule has 0 bridgehead atoms. The van der Waals surface area contributed by atoms with Crippen LogP contribution in [-0.2, 0) is 37.9 Å². The van der Waals surface area contributed by atoms with Gasteiger partial charge in [-0.05, 0) is 54.6 Å². The number of hydrogen-bond donors (Lipinski definition) is 14. The lowest BCUT2D eigenvalue weighted by Crippen LogP contribution is -2.96. The summed E-state index contributed by atoms with van der Waals surface area (Å²) < 4.78 is 47.3. The third-order valence-corrected chi connectivity index (χ3v) is 11.8. The fourth-order valence-corrected chi connectivity index (χ4v) is 8.07. The number of phenols is 3. The molecule has 6 unspecified atom stereocenters. The number of quaternary nitrogens is 3. The lowest BCUT2D eigenvalue weighted by atomic mass is 9.94. The second-order valence-corrected chi connectivity index (χ2v) is 16.2. The minimum absolute atomic E-state index is 0.123. The Morgan fingerprint density at radius 1 is 0.507 bits per heavy atom. The number of carbonyl (C=O) groups is 3. The Hall–Kier alpha value is -5.65. The number of nitrogens with two attached hydrogens (primary N) is 6. The number of rotatable bonds is 16. The van der Waals surface area contributed by atoms with Crippen molar-refractivity contribution in [2.45, 2.75) is 91.9 Å². The summed E-state index contributed by atoms with van der Waals surface area (Å²) in [6.07, 6.45) is -18.4. The van der Waals surface area contributed by atoms with Gasteiger partial charge in [-0.1, -0.05) is 0 Å². The molecule has 25 heteroatoms. The number of nitrogen functional groups attached to an aromatic ring is 3. The average molecular weight is 952 g/mol. The number of aliphatic hydroxyl groups excluding tert-OH is 5. The first kappa shape index (κ1) is 50.8. The number of carbonyl (C=O) groups excluding carboxylic acids is 3. The molecule has 6 rings (SSSR count). The van der Waals surface area contributed by atoms with Crippen LogP contribution in [0, 0.1) is 0 Å². The molecule has 0 spiro atoms. The van der Waals surface area contributed by atoms with Crippen LogP contribution in [0.25, 0.3) is 0 Å². The number of benzene rings is 3. The van der Waals surface area contributed by atoms with Crippen LogP contribution in [0.3, 0.4) is 0 Å². The molecule has 3 aliphatic rings. The summed E-state index contributed by atoms with van der Waals surface area (Å²) >= 11 is 0. The zero-order valence-corrected chi connectivity index (χ0v) is 36.5. The summed E-state index contributed by atoms with van der Waals surface area (Å²) in [6.45, 7) is -2.02. The molecular formula is C42H59N6O19+3. The van der Waals surface area contributed by atoms with Crippen LogP contribution in [0.4, 0.5) is 17.1 Å². The molecule has 3 aromatic carbocycles. The van der Waals surface area contributed by atoms with Crippen LogP contribution in [0.1, 0.15) is 31.1 Å². The Balaban J connectivity index is 1.27. The molecular weight excluding hydrogens is 892 g/mol. The molecule has 0 aromatic heterocycles. The lowest BCUT2D eigenvalue weighted by Gasteiger charge is -2.47. The van der Waals surface area contributed by atoms with E-state index < -0.39 is 147 Å². The lowest BCUT2D eigenvalue weighted by molar-refractivity contribution is -0.706. The van der Waals surface area contributed by atoms with Gasteiger partial charge in [0.1, 0.15) is 109 Å². The number of esters is 3. The molecule has 25 nitrogen and oxygen atoms in total. The van der Waals surface area contributed by atoms with Gasteiger partial charge in [0, 0.05) is 17.1 Å². The predicted octanol–water partition coefficient (Wildman–Crippen LogP) is -6.51. The second-order valence-electron chi connectivity index (χ2n) is 16.2. The molecule has 3 aromatic rings. The van der Waals surface area contributed by atoms with Gasteiger partial charge < -0.3 is 112 Å². The summed E-state index contributed by atoms with van der Waals surface area (Å²) in [4.78, 5) is 39.4. The molecule has 3 fully saturated rings. The molecule has 20 N–H and O–H groups in total. The number of aliphatic hydroxyl groups is 5.